The molecule has 96 valence electrons. The number of aliphatic hydroxyl groups excluding tert-OH is 1. The molecular formula is C16H16N2O. The summed E-state index contributed by atoms with van der Waals surface area (Å²) < 4.78 is 0. The van der Waals surface area contributed by atoms with Crippen molar-refractivity contribution in [3.8, 4) is 6.07 Å². The quantitative estimate of drug-likeness (QED) is 0.848. The normalized spacial score (nSPS) is 22.7. The fourth-order valence-electron chi connectivity index (χ4n) is 2.89. The Morgan fingerprint density at radius 3 is 2.58 bits per heavy atom. The van der Waals surface area contributed by atoms with E-state index in [1.807, 2.05) is 43.3 Å². The van der Waals surface area contributed by atoms with Gasteiger partial charge in [-0.25, -0.2) is 0 Å². The zero-order valence-corrected chi connectivity index (χ0v) is 10.9. The molecule has 1 aliphatic heterocycles. The van der Waals surface area contributed by atoms with Crippen LogP contribution in [0.15, 0.2) is 36.4 Å². The molecule has 1 heterocycles. The van der Waals surface area contributed by atoms with Crippen LogP contribution in [-0.4, -0.2) is 23.8 Å². The molecule has 1 N–H and O–H groups in total. The van der Waals surface area contributed by atoms with Crippen LogP contribution in [0.3, 0.4) is 0 Å². The second-order valence-electron chi connectivity index (χ2n) is 5.08. The summed E-state index contributed by atoms with van der Waals surface area (Å²) >= 11 is 0. The van der Waals surface area contributed by atoms with Gasteiger partial charge in [-0.1, -0.05) is 24.3 Å². The molecule has 2 aromatic rings. The van der Waals surface area contributed by atoms with E-state index in [2.05, 4.69) is 11.0 Å². The maximum Gasteiger partial charge on any atom is 0.0998 e. The monoisotopic (exact) mass is 252 g/mol. The van der Waals surface area contributed by atoms with Crippen LogP contribution in [0.4, 0.5) is 5.69 Å². The summed E-state index contributed by atoms with van der Waals surface area (Å²) in [6.45, 7) is 2.91. The van der Waals surface area contributed by atoms with Crippen molar-refractivity contribution in [3.63, 3.8) is 0 Å². The number of nitriles is 1. The number of aliphatic hydroxyl groups is 1. The summed E-state index contributed by atoms with van der Waals surface area (Å²) in [6.07, 6.45) is 0.532. The van der Waals surface area contributed by atoms with E-state index in [0.717, 1.165) is 29.4 Å². The molecular weight excluding hydrogens is 236 g/mol. The van der Waals surface area contributed by atoms with Gasteiger partial charge in [0, 0.05) is 23.0 Å². The third-order valence-corrected chi connectivity index (χ3v) is 4.05. The number of fused-ring (bicyclic) bond motifs is 1. The molecule has 0 aliphatic carbocycles. The number of nitrogens with zero attached hydrogens (tertiary/aromatic N) is 2. The Morgan fingerprint density at radius 2 is 1.95 bits per heavy atom. The van der Waals surface area contributed by atoms with Crippen LogP contribution < -0.4 is 4.90 Å². The molecule has 3 heteroatoms. The molecule has 2 aromatic carbocycles. The van der Waals surface area contributed by atoms with Gasteiger partial charge in [-0.3, -0.25) is 0 Å². The standard InChI is InChI=1S/C16H16N2O/c1-11-16(19)8-9-18(11)15-7-6-12(10-17)13-4-2-3-5-14(13)15/h2-7,11,16,19H,8-9H2,1H3/t11-,16+/m0/s1. The molecule has 0 saturated carbocycles. The first-order valence-corrected chi connectivity index (χ1v) is 6.59. The molecule has 1 fully saturated rings. The summed E-state index contributed by atoms with van der Waals surface area (Å²) in [7, 11) is 0. The molecule has 0 spiro atoms. The highest BCUT2D eigenvalue weighted by molar-refractivity contribution is 5.98. The van der Waals surface area contributed by atoms with E-state index >= 15 is 0 Å². The zero-order chi connectivity index (χ0) is 13.4. The molecule has 3 rings (SSSR count). The lowest BCUT2D eigenvalue weighted by Gasteiger charge is -2.26. The third kappa shape index (κ3) is 1.85. The second kappa shape index (κ2) is 4.56. The summed E-state index contributed by atoms with van der Waals surface area (Å²) in [4.78, 5) is 2.23. The Hall–Kier alpha value is -2.05. The highest BCUT2D eigenvalue weighted by Crippen LogP contribution is 2.33. The first kappa shape index (κ1) is 12.0. The van der Waals surface area contributed by atoms with Crippen molar-refractivity contribution in [1.82, 2.24) is 0 Å². The number of benzene rings is 2. The first-order valence-electron chi connectivity index (χ1n) is 6.59. The van der Waals surface area contributed by atoms with Crippen molar-refractivity contribution in [2.75, 3.05) is 11.4 Å². The average Bonchev–Trinajstić information content (AvgIpc) is 2.78. The van der Waals surface area contributed by atoms with Gasteiger partial charge in [0.05, 0.1) is 23.8 Å². The van der Waals surface area contributed by atoms with E-state index in [4.69, 9.17) is 0 Å². The minimum Gasteiger partial charge on any atom is -0.391 e. The van der Waals surface area contributed by atoms with Crippen LogP contribution in [0.1, 0.15) is 18.9 Å². The molecule has 0 unspecified atom stereocenters. The first-order chi connectivity index (χ1) is 9.22. The predicted octanol–water partition coefficient (Wildman–Crippen LogP) is 2.67. The maximum atomic E-state index is 9.91. The Labute approximate surface area is 112 Å². The van der Waals surface area contributed by atoms with Crippen LogP contribution in [0.2, 0.25) is 0 Å². The predicted molar refractivity (Wildman–Crippen MR) is 76.1 cm³/mol. The van der Waals surface area contributed by atoms with Gasteiger partial charge in [0.2, 0.25) is 0 Å². The highest BCUT2D eigenvalue weighted by atomic mass is 16.3. The van der Waals surface area contributed by atoms with Crippen molar-refractivity contribution in [2.24, 2.45) is 0 Å². The Bertz CT molecular complexity index is 659. The van der Waals surface area contributed by atoms with Gasteiger partial charge in [0.25, 0.3) is 0 Å². The summed E-state index contributed by atoms with van der Waals surface area (Å²) in [5.74, 6) is 0. The van der Waals surface area contributed by atoms with Gasteiger partial charge in [-0.15, -0.1) is 0 Å². The third-order valence-electron chi connectivity index (χ3n) is 4.05. The van der Waals surface area contributed by atoms with Gasteiger partial charge in [-0.2, -0.15) is 5.26 Å². The number of rotatable bonds is 1. The molecule has 19 heavy (non-hydrogen) atoms. The highest BCUT2D eigenvalue weighted by Gasteiger charge is 2.30. The summed E-state index contributed by atoms with van der Waals surface area (Å²) in [6, 6.07) is 14.2. The number of hydrogen-bond donors (Lipinski definition) is 1. The van der Waals surface area contributed by atoms with Gasteiger partial charge < -0.3 is 10.0 Å². The summed E-state index contributed by atoms with van der Waals surface area (Å²) in [5, 5.41) is 21.2. The van der Waals surface area contributed by atoms with Gasteiger partial charge in [-0.05, 0) is 25.5 Å². The molecule has 0 radical (unpaired) electrons. The average molecular weight is 252 g/mol. The minimum atomic E-state index is -0.269. The SMILES string of the molecule is C[C@H]1[C@H](O)CCN1c1ccc(C#N)c2ccccc12. The van der Waals surface area contributed by atoms with Gasteiger partial charge in [0.1, 0.15) is 0 Å². The Balaban J connectivity index is 2.18. The molecule has 2 atom stereocenters. The van der Waals surface area contributed by atoms with Crippen LogP contribution in [0.25, 0.3) is 10.8 Å². The van der Waals surface area contributed by atoms with E-state index in [0.29, 0.717) is 5.56 Å². The molecule has 0 amide bonds. The molecule has 0 aromatic heterocycles. The van der Waals surface area contributed by atoms with Gasteiger partial charge in [0.15, 0.2) is 0 Å². The van der Waals surface area contributed by atoms with E-state index in [9.17, 15) is 10.4 Å². The van der Waals surface area contributed by atoms with Gasteiger partial charge >= 0.3 is 0 Å². The Kier molecular flexibility index (Phi) is 2.88. The van der Waals surface area contributed by atoms with Crippen LogP contribution in [0, 0.1) is 11.3 Å². The molecule has 0 bridgehead atoms. The van der Waals surface area contributed by atoms with Crippen molar-refractivity contribution >= 4 is 16.5 Å². The van der Waals surface area contributed by atoms with E-state index in [-0.39, 0.29) is 12.1 Å². The fourth-order valence-corrected chi connectivity index (χ4v) is 2.89. The second-order valence-corrected chi connectivity index (χ2v) is 5.08. The van der Waals surface area contributed by atoms with E-state index in [1.54, 1.807) is 0 Å². The lowest BCUT2D eigenvalue weighted by atomic mass is 10.0. The molecule has 1 aliphatic rings. The molecule has 3 nitrogen and oxygen atoms in total. The van der Waals surface area contributed by atoms with Crippen LogP contribution >= 0.6 is 0 Å². The summed E-state index contributed by atoms with van der Waals surface area (Å²) in [5.41, 5.74) is 1.81. The minimum absolute atomic E-state index is 0.122. The maximum absolute atomic E-state index is 9.91. The lowest BCUT2D eigenvalue weighted by Crippen LogP contribution is -2.32. The molecule has 1 saturated heterocycles. The van der Waals surface area contributed by atoms with Crippen LogP contribution in [0.5, 0.6) is 0 Å². The Morgan fingerprint density at radius 1 is 1.21 bits per heavy atom. The van der Waals surface area contributed by atoms with Crippen molar-refractivity contribution in [2.45, 2.75) is 25.5 Å². The topological polar surface area (TPSA) is 47.3 Å². The lowest BCUT2D eigenvalue weighted by molar-refractivity contribution is 0.170. The van der Waals surface area contributed by atoms with Crippen LogP contribution in [-0.2, 0) is 0 Å². The zero-order valence-electron chi connectivity index (χ0n) is 10.9. The van der Waals surface area contributed by atoms with E-state index in [1.165, 1.54) is 0 Å². The van der Waals surface area contributed by atoms with Crippen molar-refractivity contribution in [3.05, 3.63) is 42.0 Å². The van der Waals surface area contributed by atoms with Crippen molar-refractivity contribution < 1.29 is 5.11 Å². The fraction of sp³-hybridized carbons (Fsp3) is 0.312. The largest absolute Gasteiger partial charge is 0.391 e. The number of anilines is 1. The smallest absolute Gasteiger partial charge is 0.0998 e. The number of hydrogen-bond acceptors (Lipinski definition) is 3. The van der Waals surface area contributed by atoms with E-state index < -0.39 is 0 Å². The van der Waals surface area contributed by atoms with Crippen molar-refractivity contribution in [1.29, 1.82) is 5.26 Å².